The number of halogens is 1. The monoisotopic (exact) mass is 373 g/mol. The number of aryl methyl sites for hydroxylation is 1. The van der Waals surface area contributed by atoms with Gasteiger partial charge in [-0.3, -0.25) is 10.1 Å². The normalized spacial score (nSPS) is 10.5. The number of aromatic nitrogens is 2. The first kappa shape index (κ1) is 17.4. The second-order valence-corrected chi connectivity index (χ2v) is 6.95. The van der Waals surface area contributed by atoms with Crippen molar-refractivity contribution in [2.45, 2.75) is 13.3 Å². The molecular weight excluding hydrogens is 358 g/mol. The van der Waals surface area contributed by atoms with Crippen LogP contribution in [0.2, 0.25) is 5.02 Å². The lowest BCUT2D eigenvalue weighted by Gasteiger charge is -2.05. The number of nitrogens with zero attached hydrogens (tertiary/aromatic N) is 2. The Bertz CT molecular complexity index is 848. The summed E-state index contributed by atoms with van der Waals surface area (Å²) in [6.45, 7) is 1.92. The zero-order chi connectivity index (χ0) is 17.6. The van der Waals surface area contributed by atoms with Crippen LogP contribution in [0.4, 0.5) is 5.13 Å². The van der Waals surface area contributed by atoms with E-state index in [-0.39, 0.29) is 12.5 Å². The Morgan fingerprint density at radius 3 is 2.56 bits per heavy atom. The van der Waals surface area contributed by atoms with E-state index < -0.39 is 0 Å². The van der Waals surface area contributed by atoms with Gasteiger partial charge in [0.1, 0.15) is 10.8 Å². The van der Waals surface area contributed by atoms with Gasteiger partial charge in [0, 0.05) is 11.4 Å². The first-order valence-corrected chi connectivity index (χ1v) is 8.84. The van der Waals surface area contributed by atoms with Gasteiger partial charge < -0.3 is 4.74 Å². The third kappa shape index (κ3) is 5.27. The molecular formula is C18H16ClN3O2S. The zero-order valence-electron chi connectivity index (χ0n) is 13.5. The molecule has 0 aliphatic rings. The number of carbonyl (C=O) groups is 1. The molecule has 0 saturated carbocycles. The summed E-state index contributed by atoms with van der Waals surface area (Å²) in [5.74, 6) is 0.385. The van der Waals surface area contributed by atoms with E-state index in [0.29, 0.717) is 22.3 Å². The summed E-state index contributed by atoms with van der Waals surface area (Å²) in [4.78, 5) is 11.9. The molecule has 7 heteroatoms. The van der Waals surface area contributed by atoms with E-state index in [2.05, 4.69) is 15.5 Å². The van der Waals surface area contributed by atoms with Crippen LogP contribution in [0, 0.1) is 6.92 Å². The fourth-order valence-corrected chi connectivity index (χ4v) is 3.01. The minimum absolute atomic E-state index is 0.0742. The molecule has 3 aromatic rings. The van der Waals surface area contributed by atoms with Gasteiger partial charge in [-0.05, 0) is 36.8 Å². The Morgan fingerprint density at radius 2 is 1.84 bits per heavy atom. The Balaban J connectivity index is 1.51. The number of benzene rings is 2. The number of nitrogens with one attached hydrogen (secondary N) is 1. The molecule has 3 rings (SSSR count). The fourth-order valence-electron chi connectivity index (χ4n) is 2.09. The highest BCUT2D eigenvalue weighted by Gasteiger charge is 2.09. The minimum atomic E-state index is -0.269. The van der Waals surface area contributed by atoms with Gasteiger partial charge in [0.05, 0.1) is 0 Å². The lowest BCUT2D eigenvalue weighted by atomic mass is 10.2. The Labute approximate surface area is 154 Å². The number of ether oxygens (including phenoxy) is 1. The molecule has 25 heavy (non-hydrogen) atoms. The average molecular weight is 374 g/mol. The van der Waals surface area contributed by atoms with Crippen molar-refractivity contribution in [1.29, 1.82) is 0 Å². The van der Waals surface area contributed by atoms with Crippen molar-refractivity contribution < 1.29 is 9.53 Å². The molecule has 0 fully saturated rings. The summed E-state index contributed by atoms with van der Waals surface area (Å²) in [6.07, 6.45) is 0.643. The largest absolute Gasteiger partial charge is 0.484 e. The lowest BCUT2D eigenvalue weighted by Crippen LogP contribution is -2.20. The van der Waals surface area contributed by atoms with Gasteiger partial charge in [-0.15, -0.1) is 10.2 Å². The molecule has 1 amide bonds. The second-order valence-electron chi connectivity index (χ2n) is 5.45. The third-order valence-corrected chi connectivity index (χ3v) is 4.46. The molecule has 0 spiro atoms. The number of rotatable bonds is 6. The Morgan fingerprint density at radius 1 is 1.12 bits per heavy atom. The molecule has 0 atom stereocenters. The second kappa shape index (κ2) is 8.09. The van der Waals surface area contributed by atoms with Crippen molar-refractivity contribution in [2.75, 3.05) is 11.9 Å². The van der Waals surface area contributed by atoms with Gasteiger partial charge in [-0.1, -0.05) is 52.8 Å². The maximum atomic E-state index is 11.9. The van der Waals surface area contributed by atoms with Crippen LogP contribution in [0.15, 0.2) is 48.5 Å². The summed E-state index contributed by atoms with van der Waals surface area (Å²) in [5.41, 5.74) is 2.22. The van der Waals surface area contributed by atoms with E-state index in [4.69, 9.17) is 16.3 Å². The molecule has 128 valence electrons. The first-order chi connectivity index (χ1) is 12.1. The summed E-state index contributed by atoms with van der Waals surface area (Å²) in [5, 5.41) is 12.8. The fraction of sp³-hybridized carbons (Fsp3) is 0.167. The van der Waals surface area contributed by atoms with Gasteiger partial charge in [-0.2, -0.15) is 0 Å². The van der Waals surface area contributed by atoms with Crippen molar-refractivity contribution in [3.8, 4) is 5.75 Å². The summed E-state index contributed by atoms with van der Waals surface area (Å²) >= 11 is 7.21. The van der Waals surface area contributed by atoms with Crippen LogP contribution < -0.4 is 10.1 Å². The van der Waals surface area contributed by atoms with Crippen molar-refractivity contribution in [2.24, 2.45) is 0 Å². The van der Waals surface area contributed by atoms with Gasteiger partial charge >= 0.3 is 0 Å². The highest BCUT2D eigenvalue weighted by Crippen LogP contribution is 2.20. The summed E-state index contributed by atoms with van der Waals surface area (Å²) in [6, 6.07) is 15.1. The van der Waals surface area contributed by atoms with E-state index in [1.807, 2.05) is 55.5 Å². The van der Waals surface area contributed by atoms with Crippen LogP contribution >= 0.6 is 22.9 Å². The van der Waals surface area contributed by atoms with Crippen molar-refractivity contribution in [3.63, 3.8) is 0 Å². The van der Waals surface area contributed by atoms with Crippen LogP contribution in [0.3, 0.4) is 0 Å². The Hall–Kier alpha value is -2.44. The van der Waals surface area contributed by atoms with Crippen LogP contribution in [0.1, 0.15) is 16.1 Å². The predicted molar refractivity (Wildman–Crippen MR) is 99.5 cm³/mol. The molecule has 1 N–H and O–H groups in total. The summed E-state index contributed by atoms with van der Waals surface area (Å²) < 4.78 is 5.44. The average Bonchev–Trinajstić information content (AvgIpc) is 3.03. The molecule has 1 aromatic heterocycles. The molecule has 5 nitrogen and oxygen atoms in total. The number of carbonyl (C=O) groups excluding carboxylic acids is 1. The molecule has 0 unspecified atom stereocenters. The number of hydrogen-bond acceptors (Lipinski definition) is 5. The van der Waals surface area contributed by atoms with E-state index in [9.17, 15) is 4.79 Å². The molecule has 0 bridgehead atoms. The van der Waals surface area contributed by atoms with Crippen molar-refractivity contribution in [1.82, 2.24) is 10.2 Å². The van der Waals surface area contributed by atoms with E-state index in [1.165, 1.54) is 11.3 Å². The van der Waals surface area contributed by atoms with Gasteiger partial charge in [0.15, 0.2) is 6.61 Å². The van der Waals surface area contributed by atoms with Gasteiger partial charge in [-0.25, -0.2) is 0 Å². The van der Waals surface area contributed by atoms with Crippen molar-refractivity contribution in [3.05, 3.63) is 69.7 Å². The predicted octanol–water partition coefficient (Wildman–Crippen LogP) is 4.11. The maximum absolute atomic E-state index is 11.9. The molecule has 0 radical (unpaired) electrons. The van der Waals surface area contributed by atoms with Crippen LogP contribution in [0.5, 0.6) is 5.75 Å². The Kier molecular flexibility index (Phi) is 5.63. The van der Waals surface area contributed by atoms with E-state index in [1.54, 1.807) is 0 Å². The smallest absolute Gasteiger partial charge is 0.264 e. The lowest BCUT2D eigenvalue weighted by molar-refractivity contribution is -0.118. The SMILES string of the molecule is Cc1ccc(OCC(=O)Nc2nnc(Cc3ccc(Cl)cc3)s2)cc1. The maximum Gasteiger partial charge on any atom is 0.264 e. The zero-order valence-corrected chi connectivity index (χ0v) is 15.1. The highest BCUT2D eigenvalue weighted by molar-refractivity contribution is 7.15. The molecule has 0 aliphatic heterocycles. The van der Waals surface area contributed by atoms with Gasteiger partial charge in [0.25, 0.3) is 5.91 Å². The molecule has 0 saturated heterocycles. The highest BCUT2D eigenvalue weighted by atomic mass is 35.5. The minimum Gasteiger partial charge on any atom is -0.484 e. The molecule has 0 aliphatic carbocycles. The quantitative estimate of drug-likeness (QED) is 0.706. The summed E-state index contributed by atoms with van der Waals surface area (Å²) in [7, 11) is 0. The van der Waals surface area contributed by atoms with E-state index >= 15 is 0 Å². The van der Waals surface area contributed by atoms with Crippen LogP contribution in [0.25, 0.3) is 0 Å². The number of amides is 1. The standard InChI is InChI=1S/C18H16ClN3O2S/c1-12-2-8-15(9-3-12)24-11-16(23)20-18-22-21-17(25-18)10-13-4-6-14(19)7-5-13/h2-9H,10-11H2,1H3,(H,20,22,23). The topological polar surface area (TPSA) is 64.1 Å². The van der Waals surface area contributed by atoms with E-state index in [0.717, 1.165) is 16.1 Å². The number of anilines is 1. The van der Waals surface area contributed by atoms with Crippen LogP contribution in [-0.4, -0.2) is 22.7 Å². The third-order valence-electron chi connectivity index (χ3n) is 3.37. The van der Waals surface area contributed by atoms with Gasteiger partial charge in [0.2, 0.25) is 5.13 Å². The molecule has 2 aromatic carbocycles. The molecule has 1 heterocycles. The van der Waals surface area contributed by atoms with Crippen LogP contribution in [-0.2, 0) is 11.2 Å². The number of hydrogen-bond donors (Lipinski definition) is 1. The van der Waals surface area contributed by atoms with Crippen molar-refractivity contribution >= 4 is 34.0 Å². The first-order valence-electron chi connectivity index (χ1n) is 7.64.